The molecule has 0 bridgehead atoms. The first-order chi connectivity index (χ1) is 5.54. The van der Waals surface area contributed by atoms with Crippen molar-refractivity contribution < 1.29 is 14.3 Å². The zero-order valence-electron chi connectivity index (χ0n) is 7.75. The summed E-state index contributed by atoms with van der Waals surface area (Å²) in [6.45, 7) is 3.63. The average Bonchev–Trinajstić information content (AvgIpc) is 2.03. The summed E-state index contributed by atoms with van der Waals surface area (Å²) >= 11 is 0. The van der Waals surface area contributed by atoms with Gasteiger partial charge in [0.2, 0.25) is 5.52 Å². The Labute approximate surface area is 102 Å². The summed E-state index contributed by atoms with van der Waals surface area (Å²) < 4.78 is 11.2. The van der Waals surface area contributed by atoms with Crippen LogP contribution in [0.25, 0.3) is 0 Å². The number of rotatable bonds is 6. The third kappa shape index (κ3) is 6.87. The number of carbonyl (C=O) groups is 1. The molecule has 0 saturated heterocycles. The molecule has 0 aliphatic carbocycles. The van der Waals surface area contributed by atoms with Crippen molar-refractivity contribution in [3.63, 3.8) is 0 Å². The molecule has 0 amide bonds. The molecule has 1 unspecified atom stereocenters. The zero-order valence-corrected chi connectivity index (χ0v) is 8.64. The van der Waals surface area contributed by atoms with E-state index in [1.165, 1.54) is 0 Å². The Balaban J connectivity index is 0. The third-order valence-corrected chi connectivity index (χ3v) is 3.77. The van der Waals surface area contributed by atoms with E-state index < -0.39 is 12.9 Å². The van der Waals surface area contributed by atoms with Crippen LogP contribution in [0.2, 0.25) is 0 Å². The molecule has 1 N–H and O–H groups in total. The summed E-state index contributed by atoms with van der Waals surface area (Å²) in [4.78, 5) is 20.1. The molecule has 3 nitrogen and oxygen atoms in total. The van der Waals surface area contributed by atoms with Gasteiger partial charge in [0, 0.05) is 12.6 Å². The number of hydrogen-bond donors (Lipinski definition) is 1. The van der Waals surface area contributed by atoms with Crippen molar-refractivity contribution in [3.8, 4) is 0 Å². The summed E-state index contributed by atoms with van der Waals surface area (Å²) in [5.41, 5.74) is -0.487. The van der Waals surface area contributed by atoms with Crippen LogP contribution in [0.5, 0.6) is 0 Å². The second-order valence-corrected chi connectivity index (χ2v) is 5.23. The molecule has 0 aliphatic rings. The fraction of sp³-hybridized carbons (Fsp3) is 0.875. The van der Waals surface area contributed by atoms with Crippen molar-refractivity contribution in [2.24, 2.45) is 0 Å². The molecule has 0 aliphatic heterocycles. The van der Waals surface area contributed by atoms with Gasteiger partial charge in [-0.2, -0.15) is 0 Å². The van der Waals surface area contributed by atoms with Gasteiger partial charge in [0.1, 0.15) is 0 Å². The predicted molar refractivity (Wildman–Crippen MR) is 56.7 cm³/mol. The standard InChI is InChI=1S/C8H17O3P.Na.H/c1-3-5-6-7-12(10,11)8(9)4-2;;/h3-7H2,1-2H3,(H,10,11);;. The van der Waals surface area contributed by atoms with Crippen molar-refractivity contribution in [1.82, 2.24) is 0 Å². The Hall–Kier alpha value is 0.860. The van der Waals surface area contributed by atoms with Crippen LogP contribution in [-0.4, -0.2) is 46.1 Å². The number of unbranched alkanes of at least 4 members (excludes halogenated alkanes) is 2. The van der Waals surface area contributed by atoms with E-state index in [1.807, 2.05) is 6.92 Å². The summed E-state index contributed by atoms with van der Waals surface area (Å²) in [5.74, 6) is 0. The number of hydrogen-bond acceptors (Lipinski definition) is 2. The van der Waals surface area contributed by atoms with Gasteiger partial charge in [0.05, 0.1) is 0 Å². The van der Waals surface area contributed by atoms with Gasteiger partial charge in [-0.15, -0.1) is 0 Å². The molecular formula is C8H18NaO3P. The van der Waals surface area contributed by atoms with E-state index >= 15 is 0 Å². The summed E-state index contributed by atoms with van der Waals surface area (Å²) in [6, 6.07) is 0. The Morgan fingerprint density at radius 3 is 2.23 bits per heavy atom. The molecule has 74 valence electrons. The van der Waals surface area contributed by atoms with E-state index in [-0.39, 0.29) is 42.1 Å². The van der Waals surface area contributed by atoms with Crippen molar-refractivity contribution in [2.45, 2.75) is 39.5 Å². The van der Waals surface area contributed by atoms with Gasteiger partial charge in [-0.05, 0) is 6.42 Å². The molecular weight excluding hydrogens is 198 g/mol. The van der Waals surface area contributed by atoms with Gasteiger partial charge in [0.15, 0.2) is 0 Å². The van der Waals surface area contributed by atoms with E-state index in [2.05, 4.69) is 0 Å². The average molecular weight is 216 g/mol. The minimum absolute atomic E-state index is 0. The first-order valence-corrected chi connectivity index (χ1v) is 6.24. The molecule has 0 spiro atoms. The van der Waals surface area contributed by atoms with Gasteiger partial charge in [-0.3, -0.25) is 9.36 Å². The summed E-state index contributed by atoms with van der Waals surface area (Å²) in [6.07, 6.45) is 2.92. The predicted octanol–water partition coefficient (Wildman–Crippen LogP) is 1.74. The topological polar surface area (TPSA) is 54.4 Å². The van der Waals surface area contributed by atoms with Crippen LogP contribution in [-0.2, 0) is 9.36 Å². The van der Waals surface area contributed by atoms with E-state index in [1.54, 1.807) is 6.92 Å². The molecule has 0 heterocycles. The maximum atomic E-state index is 11.2. The van der Waals surface area contributed by atoms with Crippen molar-refractivity contribution in [3.05, 3.63) is 0 Å². The van der Waals surface area contributed by atoms with Crippen LogP contribution in [0.15, 0.2) is 0 Å². The fourth-order valence-electron chi connectivity index (χ4n) is 0.948. The van der Waals surface area contributed by atoms with Crippen LogP contribution in [0.3, 0.4) is 0 Å². The van der Waals surface area contributed by atoms with Crippen LogP contribution in [0.4, 0.5) is 0 Å². The molecule has 0 saturated carbocycles. The first-order valence-electron chi connectivity index (χ1n) is 4.39. The van der Waals surface area contributed by atoms with Crippen molar-refractivity contribution in [2.75, 3.05) is 6.16 Å². The van der Waals surface area contributed by atoms with E-state index in [4.69, 9.17) is 0 Å². The summed E-state index contributed by atoms with van der Waals surface area (Å²) in [5, 5.41) is 0. The Kier molecular flexibility index (Phi) is 10.3. The monoisotopic (exact) mass is 216 g/mol. The third-order valence-electron chi connectivity index (χ3n) is 1.76. The second-order valence-electron chi connectivity index (χ2n) is 2.88. The van der Waals surface area contributed by atoms with Gasteiger partial charge in [-0.1, -0.05) is 26.7 Å². The SMILES string of the molecule is CCCCCP(=O)(O)C(=O)CC.[NaH]. The van der Waals surface area contributed by atoms with E-state index in [0.717, 1.165) is 12.8 Å². The molecule has 0 radical (unpaired) electrons. The molecule has 1 atom stereocenters. The van der Waals surface area contributed by atoms with Gasteiger partial charge in [0.25, 0.3) is 7.37 Å². The number of carbonyl (C=O) groups excluding carboxylic acids is 1. The van der Waals surface area contributed by atoms with Gasteiger partial charge < -0.3 is 4.89 Å². The molecule has 5 heteroatoms. The van der Waals surface area contributed by atoms with Crippen LogP contribution < -0.4 is 0 Å². The molecule has 0 aromatic carbocycles. The molecule has 0 fully saturated rings. The Morgan fingerprint density at radius 1 is 1.31 bits per heavy atom. The second kappa shape index (κ2) is 8.19. The van der Waals surface area contributed by atoms with Crippen molar-refractivity contribution >= 4 is 42.5 Å². The molecule has 0 aromatic heterocycles. The fourth-order valence-corrected chi connectivity index (χ4v) is 2.34. The van der Waals surface area contributed by atoms with Crippen LogP contribution in [0, 0.1) is 0 Å². The Bertz CT molecular complexity index is 194. The summed E-state index contributed by atoms with van der Waals surface area (Å²) in [7, 11) is -3.45. The molecule has 0 rings (SSSR count). The molecule has 0 aromatic rings. The molecule has 13 heavy (non-hydrogen) atoms. The van der Waals surface area contributed by atoms with Crippen LogP contribution in [0.1, 0.15) is 39.5 Å². The maximum absolute atomic E-state index is 11.2. The van der Waals surface area contributed by atoms with E-state index in [0.29, 0.717) is 6.42 Å². The zero-order chi connectivity index (χ0) is 9.61. The quantitative estimate of drug-likeness (QED) is 0.418. The van der Waals surface area contributed by atoms with Crippen LogP contribution >= 0.6 is 7.37 Å². The van der Waals surface area contributed by atoms with Gasteiger partial charge in [-0.25, -0.2) is 0 Å². The Morgan fingerprint density at radius 2 is 1.85 bits per heavy atom. The minimum atomic E-state index is -3.45. The van der Waals surface area contributed by atoms with Gasteiger partial charge >= 0.3 is 29.6 Å². The first kappa shape index (κ1) is 16.3. The van der Waals surface area contributed by atoms with E-state index in [9.17, 15) is 14.3 Å². The van der Waals surface area contributed by atoms with Crippen molar-refractivity contribution in [1.29, 1.82) is 0 Å². The normalized spacial score (nSPS) is 14.4.